The topological polar surface area (TPSA) is 77.3 Å². The van der Waals surface area contributed by atoms with Crippen LogP contribution >= 0.6 is 0 Å². The average Bonchev–Trinajstić information content (AvgIpc) is 2.25. The molecule has 6 nitrogen and oxygen atoms in total. The number of aromatic nitrogens is 1. The van der Waals surface area contributed by atoms with Gasteiger partial charge in [0.2, 0.25) is 11.7 Å². The molecular weight excluding hydrogens is 210 g/mol. The summed E-state index contributed by atoms with van der Waals surface area (Å²) in [5.41, 5.74) is 0.779. The van der Waals surface area contributed by atoms with E-state index in [0.29, 0.717) is 12.4 Å². The minimum absolute atomic E-state index is 0.0814. The van der Waals surface area contributed by atoms with Crippen LogP contribution in [0.2, 0.25) is 0 Å². The van der Waals surface area contributed by atoms with Gasteiger partial charge in [0.1, 0.15) is 0 Å². The summed E-state index contributed by atoms with van der Waals surface area (Å²) >= 11 is 0. The zero-order valence-corrected chi connectivity index (χ0v) is 9.19. The van der Waals surface area contributed by atoms with Gasteiger partial charge in [0.25, 0.3) is 0 Å². The third-order valence-corrected chi connectivity index (χ3v) is 1.81. The molecular formula is C10H13N3O3. The lowest BCUT2D eigenvalue weighted by Gasteiger charge is -2.07. The monoisotopic (exact) mass is 223 g/mol. The normalized spacial score (nSPS) is 9.62. The lowest BCUT2D eigenvalue weighted by Crippen LogP contribution is -2.07. The highest BCUT2D eigenvalue weighted by Gasteiger charge is 2.15. The molecule has 1 heterocycles. The first kappa shape index (κ1) is 12.0. The minimum Gasteiger partial charge on any atom is -0.481 e. The van der Waals surface area contributed by atoms with E-state index in [0.717, 1.165) is 5.57 Å². The molecule has 1 N–H and O–H groups in total. The number of nitrogens with one attached hydrogen (secondary N) is 1. The summed E-state index contributed by atoms with van der Waals surface area (Å²) < 4.78 is 4.90. The second-order valence-electron chi connectivity index (χ2n) is 3.29. The van der Waals surface area contributed by atoms with Gasteiger partial charge in [-0.15, -0.1) is 0 Å². The lowest BCUT2D eigenvalue weighted by atomic mass is 10.3. The fraction of sp³-hybridized carbons (Fsp3) is 0.300. The van der Waals surface area contributed by atoms with Crippen molar-refractivity contribution in [3.63, 3.8) is 0 Å². The predicted octanol–water partition coefficient (Wildman–Crippen LogP) is 1.99. The maximum absolute atomic E-state index is 10.7. The average molecular weight is 223 g/mol. The van der Waals surface area contributed by atoms with Gasteiger partial charge in [-0.25, -0.2) is 0 Å². The van der Waals surface area contributed by atoms with Gasteiger partial charge in [-0.2, -0.15) is 4.98 Å². The van der Waals surface area contributed by atoms with Crippen LogP contribution in [0, 0.1) is 10.1 Å². The van der Waals surface area contributed by atoms with Gasteiger partial charge in [-0.05, 0) is 6.92 Å². The Hall–Kier alpha value is -2.11. The van der Waals surface area contributed by atoms with Gasteiger partial charge < -0.3 is 10.1 Å². The first-order valence-corrected chi connectivity index (χ1v) is 4.62. The molecule has 16 heavy (non-hydrogen) atoms. The summed E-state index contributed by atoms with van der Waals surface area (Å²) in [6.07, 6.45) is 0. The van der Waals surface area contributed by atoms with Crippen LogP contribution in [0.1, 0.15) is 6.92 Å². The van der Waals surface area contributed by atoms with Crippen molar-refractivity contribution in [1.29, 1.82) is 0 Å². The van der Waals surface area contributed by atoms with Crippen molar-refractivity contribution in [2.75, 3.05) is 19.0 Å². The van der Waals surface area contributed by atoms with E-state index in [1.807, 2.05) is 6.92 Å². The van der Waals surface area contributed by atoms with Crippen LogP contribution in [-0.4, -0.2) is 23.6 Å². The fourth-order valence-electron chi connectivity index (χ4n) is 1.06. The Morgan fingerprint density at radius 3 is 2.88 bits per heavy atom. The third kappa shape index (κ3) is 2.94. The molecule has 6 heteroatoms. The Morgan fingerprint density at radius 1 is 1.69 bits per heavy atom. The van der Waals surface area contributed by atoms with E-state index in [-0.39, 0.29) is 11.5 Å². The van der Waals surface area contributed by atoms with Crippen LogP contribution < -0.4 is 10.1 Å². The van der Waals surface area contributed by atoms with Crippen molar-refractivity contribution < 1.29 is 9.66 Å². The molecule has 0 radical (unpaired) electrons. The maximum atomic E-state index is 10.7. The largest absolute Gasteiger partial charge is 0.481 e. The van der Waals surface area contributed by atoms with E-state index in [2.05, 4.69) is 16.9 Å². The van der Waals surface area contributed by atoms with Crippen LogP contribution in [0.5, 0.6) is 5.88 Å². The summed E-state index contributed by atoms with van der Waals surface area (Å²) in [5.74, 6) is 0.516. The van der Waals surface area contributed by atoms with Gasteiger partial charge in [-0.1, -0.05) is 12.2 Å². The van der Waals surface area contributed by atoms with Crippen LogP contribution in [0.15, 0.2) is 24.3 Å². The lowest BCUT2D eigenvalue weighted by molar-refractivity contribution is -0.384. The quantitative estimate of drug-likeness (QED) is 0.469. The van der Waals surface area contributed by atoms with Crippen molar-refractivity contribution in [2.24, 2.45) is 0 Å². The van der Waals surface area contributed by atoms with E-state index in [1.165, 1.54) is 19.2 Å². The van der Waals surface area contributed by atoms with Gasteiger partial charge in [0.15, 0.2) is 0 Å². The second-order valence-corrected chi connectivity index (χ2v) is 3.29. The molecule has 0 saturated heterocycles. The molecule has 1 rings (SSSR count). The summed E-state index contributed by atoms with van der Waals surface area (Å²) in [7, 11) is 1.46. The van der Waals surface area contributed by atoms with Gasteiger partial charge >= 0.3 is 5.69 Å². The summed E-state index contributed by atoms with van der Waals surface area (Å²) in [6, 6.07) is 2.80. The highest BCUT2D eigenvalue weighted by Crippen LogP contribution is 2.24. The van der Waals surface area contributed by atoms with Crippen molar-refractivity contribution in [3.8, 4) is 5.88 Å². The van der Waals surface area contributed by atoms with E-state index in [1.54, 1.807) is 0 Å². The summed E-state index contributed by atoms with van der Waals surface area (Å²) in [4.78, 5) is 14.2. The number of nitrogens with zero attached hydrogens (tertiary/aromatic N) is 2. The van der Waals surface area contributed by atoms with Gasteiger partial charge in [0, 0.05) is 18.7 Å². The van der Waals surface area contributed by atoms with Crippen molar-refractivity contribution in [2.45, 2.75) is 6.92 Å². The molecule has 0 saturated carbocycles. The number of methoxy groups -OCH3 is 1. The highest BCUT2D eigenvalue weighted by atomic mass is 16.6. The van der Waals surface area contributed by atoms with Crippen LogP contribution in [-0.2, 0) is 0 Å². The van der Waals surface area contributed by atoms with Crippen LogP contribution in [0.25, 0.3) is 0 Å². The molecule has 0 atom stereocenters. The molecule has 0 aliphatic rings. The third-order valence-electron chi connectivity index (χ3n) is 1.81. The molecule has 0 unspecified atom stereocenters. The van der Waals surface area contributed by atoms with Crippen LogP contribution in [0.4, 0.5) is 11.5 Å². The molecule has 0 aliphatic carbocycles. The van der Waals surface area contributed by atoms with E-state index < -0.39 is 4.92 Å². The van der Waals surface area contributed by atoms with Crippen molar-refractivity contribution in [1.82, 2.24) is 4.98 Å². The number of rotatable bonds is 5. The zero-order valence-electron chi connectivity index (χ0n) is 9.19. The van der Waals surface area contributed by atoms with Gasteiger partial charge in [-0.3, -0.25) is 10.1 Å². The van der Waals surface area contributed by atoms with E-state index >= 15 is 0 Å². The molecule has 1 aromatic heterocycles. The number of anilines is 1. The smallest absolute Gasteiger partial charge is 0.311 e. The second kappa shape index (κ2) is 5.11. The van der Waals surface area contributed by atoms with Crippen molar-refractivity contribution >= 4 is 11.5 Å². The first-order valence-electron chi connectivity index (χ1n) is 4.62. The number of ether oxygens (including phenoxy) is 1. The number of nitro groups is 1. The zero-order chi connectivity index (χ0) is 12.1. The molecule has 0 bridgehead atoms. The van der Waals surface area contributed by atoms with Gasteiger partial charge in [0.05, 0.1) is 12.0 Å². The first-order chi connectivity index (χ1) is 7.54. The van der Waals surface area contributed by atoms with E-state index in [9.17, 15) is 10.1 Å². The molecule has 0 spiro atoms. The Morgan fingerprint density at radius 2 is 2.38 bits per heavy atom. The number of hydrogen-bond acceptors (Lipinski definition) is 5. The molecule has 0 fully saturated rings. The Kier molecular flexibility index (Phi) is 3.82. The fourth-order valence-corrected chi connectivity index (χ4v) is 1.06. The molecule has 0 aromatic carbocycles. The Balaban J connectivity index is 3.00. The SMILES string of the molecule is C=C(C)CNc1nc(OC)ccc1[N+](=O)[O-]. The molecule has 0 amide bonds. The number of pyridine rings is 1. The maximum Gasteiger partial charge on any atom is 0.311 e. The standard InChI is InChI=1S/C10H13N3O3/c1-7(2)6-11-10-8(13(14)15)4-5-9(12-10)16-3/h4-5H,1,6H2,2-3H3,(H,11,12). The van der Waals surface area contributed by atoms with E-state index in [4.69, 9.17) is 4.74 Å². The minimum atomic E-state index is -0.493. The molecule has 86 valence electrons. The molecule has 0 aliphatic heterocycles. The predicted molar refractivity (Wildman–Crippen MR) is 60.7 cm³/mol. The molecule has 1 aromatic rings. The summed E-state index contributed by atoms with van der Waals surface area (Å²) in [5, 5.41) is 13.6. The summed E-state index contributed by atoms with van der Waals surface area (Å²) in [6.45, 7) is 5.95. The Labute approximate surface area is 93.1 Å². The number of hydrogen-bond donors (Lipinski definition) is 1. The van der Waals surface area contributed by atoms with Crippen LogP contribution in [0.3, 0.4) is 0 Å². The Bertz CT molecular complexity index is 418. The van der Waals surface area contributed by atoms with Crippen molar-refractivity contribution in [3.05, 3.63) is 34.4 Å². The highest BCUT2D eigenvalue weighted by molar-refractivity contribution is 5.57.